The first-order chi connectivity index (χ1) is 8.74. The summed E-state index contributed by atoms with van der Waals surface area (Å²) < 4.78 is 10.3. The molecule has 1 saturated heterocycles. The van der Waals surface area contributed by atoms with Gasteiger partial charge in [0.25, 0.3) is 5.91 Å². The van der Waals surface area contributed by atoms with Crippen LogP contribution in [-0.2, 0) is 0 Å². The summed E-state index contributed by atoms with van der Waals surface area (Å²) in [7, 11) is 3.12. The lowest BCUT2D eigenvalue weighted by atomic mass is 10.0. The Balaban J connectivity index is 2.03. The van der Waals surface area contributed by atoms with E-state index < -0.39 is 0 Å². The highest BCUT2D eigenvalue weighted by Gasteiger charge is 2.19. The minimum absolute atomic E-state index is 0.110. The van der Waals surface area contributed by atoms with Crippen LogP contribution in [0.25, 0.3) is 0 Å². The molecule has 5 heteroatoms. The van der Waals surface area contributed by atoms with Crippen LogP contribution in [0.3, 0.4) is 0 Å². The van der Waals surface area contributed by atoms with E-state index in [0.29, 0.717) is 29.5 Å². The SMILES string of the molecule is COc1ccc(C(=O)NCC2CNC2)c(OC)c1. The van der Waals surface area contributed by atoms with E-state index in [1.54, 1.807) is 32.4 Å². The lowest BCUT2D eigenvalue weighted by Crippen LogP contribution is -2.48. The molecule has 0 saturated carbocycles. The molecule has 1 aromatic carbocycles. The Kier molecular flexibility index (Phi) is 4.04. The molecule has 1 fully saturated rings. The van der Waals surface area contributed by atoms with Gasteiger partial charge < -0.3 is 20.1 Å². The van der Waals surface area contributed by atoms with Crippen molar-refractivity contribution in [2.45, 2.75) is 0 Å². The number of hydrogen-bond donors (Lipinski definition) is 2. The van der Waals surface area contributed by atoms with Crippen LogP contribution in [-0.4, -0.2) is 39.8 Å². The summed E-state index contributed by atoms with van der Waals surface area (Å²) in [5.41, 5.74) is 0.533. The maximum Gasteiger partial charge on any atom is 0.255 e. The van der Waals surface area contributed by atoms with Crippen molar-refractivity contribution in [2.24, 2.45) is 5.92 Å². The van der Waals surface area contributed by atoms with Gasteiger partial charge in [-0.15, -0.1) is 0 Å². The summed E-state index contributed by atoms with van der Waals surface area (Å²) in [6.45, 7) is 2.64. The molecule has 2 rings (SSSR count). The van der Waals surface area contributed by atoms with Crippen LogP contribution in [0.15, 0.2) is 18.2 Å². The molecule has 1 aliphatic heterocycles. The van der Waals surface area contributed by atoms with Crippen molar-refractivity contribution in [2.75, 3.05) is 33.9 Å². The summed E-state index contributed by atoms with van der Waals surface area (Å²) in [5, 5.41) is 6.08. The van der Waals surface area contributed by atoms with Crippen molar-refractivity contribution < 1.29 is 14.3 Å². The zero-order valence-corrected chi connectivity index (χ0v) is 10.7. The van der Waals surface area contributed by atoms with Gasteiger partial charge in [0.1, 0.15) is 11.5 Å². The molecule has 0 bridgehead atoms. The van der Waals surface area contributed by atoms with Gasteiger partial charge in [0, 0.05) is 31.6 Å². The van der Waals surface area contributed by atoms with Gasteiger partial charge in [0.2, 0.25) is 0 Å². The van der Waals surface area contributed by atoms with Crippen LogP contribution >= 0.6 is 0 Å². The number of amides is 1. The molecule has 0 unspecified atom stereocenters. The third-order valence-electron chi connectivity index (χ3n) is 3.07. The summed E-state index contributed by atoms with van der Waals surface area (Å²) in [6.07, 6.45) is 0. The molecule has 1 aliphatic rings. The fourth-order valence-corrected chi connectivity index (χ4v) is 1.81. The van der Waals surface area contributed by atoms with Gasteiger partial charge in [0.15, 0.2) is 0 Å². The molecular formula is C13H18N2O3. The molecule has 0 spiro atoms. The lowest BCUT2D eigenvalue weighted by Gasteiger charge is -2.27. The number of ether oxygens (including phenoxy) is 2. The summed E-state index contributed by atoms with van der Waals surface area (Å²) in [4.78, 5) is 12.0. The minimum Gasteiger partial charge on any atom is -0.497 e. The first kappa shape index (κ1) is 12.7. The van der Waals surface area contributed by atoms with Crippen molar-refractivity contribution >= 4 is 5.91 Å². The maximum absolute atomic E-state index is 12.0. The quantitative estimate of drug-likeness (QED) is 0.805. The van der Waals surface area contributed by atoms with E-state index in [9.17, 15) is 4.79 Å². The first-order valence-electron chi connectivity index (χ1n) is 5.95. The van der Waals surface area contributed by atoms with Crippen molar-refractivity contribution in [1.82, 2.24) is 10.6 Å². The molecule has 0 aromatic heterocycles. The predicted octanol–water partition coefficient (Wildman–Crippen LogP) is 0.653. The highest BCUT2D eigenvalue weighted by atomic mass is 16.5. The maximum atomic E-state index is 12.0. The standard InChI is InChI=1S/C13H18N2O3/c1-17-10-3-4-11(12(5-10)18-2)13(16)15-8-9-6-14-7-9/h3-5,9,14H,6-8H2,1-2H3,(H,15,16). The van der Waals surface area contributed by atoms with Crippen molar-refractivity contribution in [3.63, 3.8) is 0 Å². The monoisotopic (exact) mass is 250 g/mol. The number of carbonyl (C=O) groups is 1. The van der Waals surface area contributed by atoms with E-state index in [4.69, 9.17) is 9.47 Å². The Bertz CT molecular complexity index is 430. The highest BCUT2D eigenvalue weighted by molar-refractivity contribution is 5.97. The molecule has 98 valence electrons. The van der Waals surface area contributed by atoms with Gasteiger partial charge in [-0.2, -0.15) is 0 Å². The normalized spacial score (nSPS) is 14.8. The van der Waals surface area contributed by atoms with Crippen LogP contribution in [0.2, 0.25) is 0 Å². The van der Waals surface area contributed by atoms with Gasteiger partial charge in [-0.1, -0.05) is 0 Å². The number of carbonyl (C=O) groups excluding carboxylic acids is 1. The fourth-order valence-electron chi connectivity index (χ4n) is 1.81. The number of methoxy groups -OCH3 is 2. The third-order valence-corrected chi connectivity index (χ3v) is 3.07. The largest absolute Gasteiger partial charge is 0.497 e. The van der Waals surface area contributed by atoms with Gasteiger partial charge >= 0.3 is 0 Å². The Morgan fingerprint density at radius 1 is 1.39 bits per heavy atom. The second kappa shape index (κ2) is 5.73. The van der Waals surface area contributed by atoms with E-state index >= 15 is 0 Å². The Morgan fingerprint density at radius 2 is 2.17 bits per heavy atom. The van der Waals surface area contributed by atoms with Crippen molar-refractivity contribution in [1.29, 1.82) is 0 Å². The van der Waals surface area contributed by atoms with Crippen molar-refractivity contribution in [3.05, 3.63) is 23.8 Å². The molecule has 0 radical (unpaired) electrons. The third kappa shape index (κ3) is 2.73. The Labute approximate surface area is 106 Å². The van der Waals surface area contributed by atoms with E-state index in [-0.39, 0.29) is 5.91 Å². The summed E-state index contributed by atoms with van der Waals surface area (Å²) in [5.74, 6) is 1.63. The van der Waals surface area contributed by atoms with Gasteiger partial charge in [-0.05, 0) is 12.1 Å². The topological polar surface area (TPSA) is 59.6 Å². The van der Waals surface area contributed by atoms with Crippen LogP contribution in [0.1, 0.15) is 10.4 Å². The highest BCUT2D eigenvalue weighted by Crippen LogP contribution is 2.24. The zero-order chi connectivity index (χ0) is 13.0. The Hall–Kier alpha value is -1.75. The number of hydrogen-bond acceptors (Lipinski definition) is 4. The van der Waals surface area contributed by atoms with Gasteiger partial charge in [0.05, 0.1) is 19.8 Å². The van der Waals surface area contributed by atoms with E-state index in [0.717, 1.165) is 13.1 Å². The lowest BCUT2D eigenvalue weighted by molar-refractivity contribution is 0.0939. The second-order valence-corrected chi connectivity index (χ2v) is 4.30. The molecule has 1 amide bonds. The van der Waals surface area contributed by atoms with E-state index in [2.05, 4.69) is 10.6 Å². The summed E-state index contributed by atoms with van der Waals surface area (Å²) >= 11 is 0. The van der Waals surface area contributed by atoms with Crippen LogP contribution in [0.5, 0.6) is 11.5 Å². The predicted molar refractivity (Wildman–Crippen MR) is 68.2 cm³/mol. The average molecular weight is 250 g/mol. The average Bonchev–Trinajstić information content (AvgIpc) is 2.35. The van der Waals surface area contributed by atoms with Gasteiger partial charge in [-0.25, -0.2) is 0 Å². The Morgan fingerprint density at radius 3 is 2.72 bits per heavy atom. The fraction of sp³-hybridized carbons (Fsp3) is 0.462. The minimum atomic E-state index is -0.110. The first-order valence-corrected chi connectivity index (χ1v) is 5.95. The molecule has 5 nitrogen and oxygen atoms in total. The smallest absolute Gasteiger partial charge is 0.255 e. The van der Waals surface area contributed by atoms with E-state index in [1.165, 1.54) is 0 Å². The molecular weight excluding hydrogens is 232 g/mol. The van der Waals surface area contributed by atoms with Gasteiger partial charge in [-0.3, -0.25) is 4.79 Å². The van der Waals surface area contributed by atoms with Crippen LogP contribution in [0.4, 0.5) is 0 Å². The zero-order valence-electron chi connectivity index (χ0n) is 10.7. The number of nitrogens with one attached hydrogen (secondary N) is 2. The second-order valence-electron chi connectivity index (χ2n) is 4.30. The molecule has 0 atom stereocenters. The number of rotatable bonds is 5. The molecule has 1 aromatic rings. The van der Waals surface area contributed by atoms with E-state index in [1.807, 2.05) is 0 Å². The molecule has 2 N–H and O–H groups in total. The van der Waals surface area contributed by atoms with Crippen molar-refractivity contribution in [3.8, 4) is 11.5 Å². The number of benzene rings is 1. The molecule has 1 heterocycles. The summed E-state index contributed by atoms with van der Waals surface area (Å²) in [6, 6.07) is 5.17. The molecule has 0 aliphatic carbocycles. The molecule has 18 heavy (non-hydrogen) atoms. The van der Waals surface area contributed by atoms with Crippen LogP contribution < -0.4 is 20.1 Å². The van der Waals surface area contributed by atoms with Crippen LogP contribution in [0, 0.1) is 5.92 Å².